The SMILES string of the molecule is COC1CCN(C(=O)Nc2ccc3c(c2)OCCO3)CC1. The van der Waals surface area contributed by atoms with Crippen LogP contribution in [0.3, 0.4) is 0 Å². The van der Waals surface area contributed by atoms with Crippen molar-refractivity contribution >= 4 is 11.7 Å². The number of anilines is 1. The number of carbonyl (C=O) groups excluding carboxylic acids is 1. The van der Waals surface area contributed by atoms with Crippen molar-refractivity contribution in [3.8, 4) is 11.5 Å². The number of fused-ring (bicyclic) bond motifs is 1. The van der Waals surface area contributed by atoms with Crippen molar-refractivity contribution in [3.05, 3.63) is 18.2 Å². The highest BCUT2D eigenvalue weighted by molar-refractivity contribution is 5.89. The first kappa shape index (κ1) is 14.0. The number of piperidine rings is 1. The maximum absolute atomic E-state index is 12.2. The Kier molecular flexibility index (Phi) is 4.15. The van der Waals surface area contributed by atoms with Crippen LogP contribution in [0.2, 0.25) is 0 Å². The van der Waals surface area contributed by atoms with E-state index in [-0.39, 0.29) is 12.1 Å². The van der Waals surface area contributed by atoms with Gasteiger partial charge in [0.25, 0.3) is 0 Å². The molecule has 114 valence electrons. The normalized spacial score (nSPS) is 18.4. The van der Waals surface area contributed by atoms with Crippen LogP contribution < -0.4 is 14.8 Å². The standard InChI is InChI=1S/C15H20N2O4/c1-19-12-4-6-17(7-5-12)15(18)16-11-2-3-13-14(10-11)21-9-8-20-13/h2-3,10,12H,4-9H2,1H3,(H,16,18). The van der Waals surface area contributed by atoms with Crippen LogP contribution in [0.1, 0.15) is 12.8 Å². The zero-order valence-electron chi connectivity index (χ0n) is 12.1. The van der Waals surface area contributed by atoms with E-state index in [1.807, 2.05) is 17.0 Å². The van der Waals surface area contributed by atoms with Crippen LogP contribution >= 0.6 is 0 Å². The van der Waals surface area contributed by atoms with Gasteiger partial charge >= 0.3 is 6.03 Å². The monoisotopic (exact) mass is 292 g/mol. The molecule has 0 aromatic heterocycles. The third-order valence-corrected chi connectivity index (χ3v) is 3.86. The van der Waals surface area contributed by atoms with Gasteiger partial charge in [-0.2, -0.15) is 0 Å². The fraction of sp³-hybridized carbons (Fsp3) is 0.533. The molecule has 1 saturated heterocycles. The Morgan fingerprint density at radius 3 is 2.67 bits per heavy atom. The molecule has 2 aliphatic heterocycles. The minimum absolute atomic E-state index is 0.0822. The van der Waals surface area contributed by atoms with E-state index in [1.54, 1.807) is 13.2 Å². The first-order valence-electron chi connectivity index (χ1n) is 7.24. The summed E-state index contributed by atoms with van der Waals surface area (Å²) in [7, 11) is 1.72. The summed E-state index contributed by atoms with van der Waals surface area (Å²) >= 11 is 0. The van der Waals surface area contributed by atoms with Gasteiger partial charge in [0.1, 0.15) is 13.2 Å². The molecule has 1 aromatic carbocycles. The largest absolute Gasteiger partial charge is 0.486 e. The van der Waals surface area contributed by atoms with Gasteiger partial charge in [0.2, 0.25) is 0 Å². The van der Waals surface area contributed by atoms with E-state index in [1.165, 1.54) is 0 Å². The molecule has 0 unspecified atom stereocenters. The predicted octanol–water partition coefficient (Wildman–Crippen LogP) is 2.10. The second-order valence-corrected chi connectivity index (χ2v) is 5.21. The molecule has 0 bridgehead atoms. The quantitative estimate of drug-likeness (QED) is 0.907. The second kappa shape index (κ2) is 6.22. The number of rotatable bonds is 2. The Morgan fingerprint density at radius 2 is 1.95 bits per heavy atom. The highest BCUT2D eigenvalue weighted by Gasteiger charge is 2.22. The van der Waals surface area contributed by atoms with Crippen molar-refractivity contribution in [1.29, 1.82) is 0 Å². The van der Waals surface area contributed by atoms with Gasteiger partial charge in [-0.05, 0) is 25.0 Å². The third kappa shape index (κ3) is 3.21. The number of nitrogens with zero attached hydrogens (tertiary/aromatic N) is 1. The molecule has 1 N–H and O–H groups in total. The lowest BCUT2D eigenvalue weighted by molar-refractivity contribution is 0.0521. The Bertz CT molecular complexity index is 512. The van der Waals surface area contributed by atoms with E-state index in [2.05, 4.69) is 5.32 Å². The molecule has 1 fully saturated rings. The number of carbonyl (C=O) groups is 1. The molecule has 0 saturated carbocycles. The first-order valence-corrected chi connectivity index (χ1v) is 7.24. The van der Waals surface area contributed by atoms with Crippen LogP contribution in [0.5, 0.6) is 11.5 Å². The fourth-order valence-corrected chi connectivity index (χ4v) is 2.62. The average Bonchev–Trinajstić information content (AvgIpc) is 2.55. The summed E-state index contributed by atoms with van der Waals surface area (Å²) < 4.78 is 16.3. The van der Waals surface area contributed by atoms with Crippen LogP contribution in [-0.4, -0.2) is 50.4 Å². The van der Waals surface area contributed by atoms with Crippen molar-refractivity contribution in [2.75, 3.05) is 38.7 Å². The third-order valence-electron chi connectivity index (χ3n) is 3.86. The van der Waals surface area contributed by atoms with Crippen molar-refractivity contribution < 1.29 is 19.0 Å². The molecule has 3 rings (SSSR count). The van der Waals surface area contributed by atoms with E-state index in [4.69, 9.17) is 14.2 Å². The predicted molar refractivity (Wildman–Crippen MR) is 78.1 cm³/mol. The van der Waals surface area contributed by atoms with Crippen molar-refractivity contribution in [2.45, 2.75) is 18.9 Å². The zero-order chi connectivity index (χ0) is 14.7. The summed E-state index contributed by atoms with van der Waals surface area (Å²) in [5, 5.41) is 2.91. The van der Waals surface area contributed by atoms with E-state index in [9.17, 15) is 4.79 Å². The van der Waals surface area contributed by atoms with Crippen LogP contribution in [0.4, 0.5) is 10.5 Å². The maximum atomic E-state index is 12.2. The number of benzene rings is 1. The number of hydrogen-bond acceptors (Lipinski definition) is 4. The topological polar surface area (TPSA) is 60.0 Å². The minimum Gasteiger partial charge on any atom is -0.486 e. The van der Waals surface area contributed by atoms with E-state index < -0.39 is 0 Å². The Morgan fingerprint density at radius 1 is 1.24 bits per heavy atom. The summed E-state index contributed by atoms with van der Waals surface area (Å²) in [6.07, 6.45) is 2.03. The minimum atomic E-state index is -0.0822. The second-order valence-electron chi connectivity index (χ2n) is 5.21. The van der Waals surface area contributed by atoms with Crippen LogP contribution in [-0.2, 0) is 4.74 Å². The highest BCUT2D eigenvalue weighted by Crippen LogP contribution is 2.32. The molecule has 2 heterocycles. The lowest BCUT2D eigenvalue weighted by Gasteiger charge is -2.31. The van der Waals surface area contributed by atoms with Gasteiger partial charge in [-0.25, -0.2) is 4.79 Å². The average molecular weight is 292 g/mol. The van der Waals surface area contributed by atoms with Gasteiger partial charge in [-0.3, -0.25) is 0 Å². The number of likely N-dealkylation sites (tertiary alicyclic amines) is 1. The molecule has 2 amide bonds. The zero-order valence-corrected chi connectivity index (χ0v) is 12.1. The molecular formula is C15H20N2O4. The number of nitrogens with one attached hydrogen (secondary N) is 1. The lowest BCUT2D eigenvalue weighted by Crippen LogP contribution is -2.42. The lowest BCUT2D eigenvalue weighted by atomic mass is 10.1. The van der Waals surface area contributed by atoms with Crippen LogP contribution in [0.25, 0.3) is 0 Å². The van der Waals surface area contributed by atoms with Crippen LogP contribution in [0, 0.1) is 0 Å². The number of urea groups is 1. The summed E-state index contributed by atoms with van der Waals surface area (Å²) in [6.45, 7) is 2.53. The molecular weight excluding hydrogens is 272 g/mol. The van der Waals surface area contributed by atoms with Crippen molar-refractivity contribution in [1.82, 2.24) is 4.90 Å². The summed E-state index contributed by atoms with van der Waals surface area (Å²) in [5.74, 6) is 1.40. The molecule has 2 aliphatic rings. The van der Waals surface area contributed by atoms with Gasteiger partial charge in [0.15, 0.2) is 11.5 Å². The fourth-order valence-electron chi connectivity index (χ4n) is 2.62. The molecule has 0 aliphatic carbocycles. The van der Waals surface area contributed by atoms with E-state index >= 15 is 0 Å². The van der Waals surface area contributed by atoms with Crippen molar-refractivity contribution in [2.24, 2.45) is 0 Å². The van der Waals surface area contributed by atoms with E-state index in [0.717, 1.165) is 37.4 Å². The first-order chi connectivity index (χ1) is 10.3. The Balaban J connectivity index is 1.60. The smallest absolute Gasteiger partial charge is 0.321 e. The Labute approximate surface area is 124 Å². The highest BCUT2D eigenvalue weighted by atomic mass is 16.6. The molecule has 0 spiro atoms. The van der Waals surface area contributed by atoms with Gasteiger partial charge in [-0.1, -0.05) is 0 Å². The number of methoxy groups -OCH3 is 1. The molecule has 1 aromatic rings. The summed E-state index contributed by atoms with van der Waals surface area (Å²) in [4.78, 5) is 14.0. The number of hydrogen-bond donors (Lipinski definition) is 1. The molecule has 6 nitrogen and oxygen atoms in total. The van der Waals surface area contributed by atoms with E-state index in [0.29, 0.717) is 19.0 Å². The number of amides is 2. The molecule has 6 heteroatoms. The van der Waals surface area contributed by atoms with Crippen molar-refractivity contribution in [3.63, 3.8) is 0 Å². The summed E-state index contributed by atoms with van der Waals surface area (Å²) in [5.41, 5.74) is 0.720. The maximum Gasteiger partial charge on any atom is 0.321 e. The van der Waals surface area contributed by atoms with Crippen LogP contribution in [0.15, 0.2) is 18.2 Å². The molecule has 0 radical (unpaired) electrons. The Hall–Kier alpha value is -1.95. The van der Waals surface area contributed by atoms with Gasteiger partial charge in [-0.15, -0.1) is 0 Å². The summed E-state index contributed by atoms with van der Waals surface area (Å²) in [6, 6.07) is 5.37. The number of ether oxygens (including phenoxy) is 3. The van der Waals surface area contributed by atoms with Gasteiger partial charge in [0, 0.05) is 32.0 Å². The molecule has 21 heavy (non-hydrogen) atoms. The van der Waals surface area contributed by atoms with Gasteiger partial charge < -0.3 is 24.4 Å². The molecule has 0 atom stereocenters. The van der Waals surface area contributed by atoms with Gasteiger partial charge in [0.05, 0.1) is 6.10 Å².